The number of nitrogens with zero attached hydrogens (tertiary/aromatic N) is 3. The Hall–Kier alpha value is -4.27. The highest BCUT2D eigenvalue weighted by Gasteiger charge is 2.17. The van der Waals surface area contributed by atoms with Crippen LogP contribution in [0.3, 0.4) is 0 Å². The van der Waals surface area contributed by atoms with Gasteiger partial charge in [0.15, 0.2) is 0 Å². The van der Waals surface area contributed by atoms with E-state index in [9.17, 15) is 9.59 Å². The molecule has 2 aromatic carbocycles. The second-order valence-electron chi connectivity index (χ2n) is 8.07. The lowest BCUT2D eigenvalue weighted by molar-refractivity contribution is -0.116. The van der Waals surface area contributed by atoms with Crippen molar-refractivity contribution in [1.29, 1.82) is 0 Å². The van der Waals surface area contributed by atoms with E-state index in [2.05, 4.69) is 10.4 Å². The molecule has 0 radical (unpaired) electrons. The molecule has 0 saturated heterocycles. The van der Waals surface area contributed by atoms with Crippen LogP contribution in [0.1, 0.15) is 17.7 Å². The Morgan fingerprint density at radius 1 is 1.00 bits per heavy atom. The van der Waals surface area contributed by atoms with Crippen LogP contribution in [-0.2, 0) is 18.3 Å². The summed E-state index contributed by atoms with van der Waals surface area (Å²) in [6, 6.07) is 14.6. The number of anilines is 1. The Morgan fingerprint density at radius 3 is 2.46 bits per heavy atom. The van der Waals surface area contributed by atoms with E-state index in [0.29, 0.717) is 39.8 Å². The molecule has 0 fully saturated rings. The number of nitrogens with one attached hydrogen (secondary N) is 1. The second-order valence-corrected chi connectivity index (χ2v) is 8.07. The van der Waals surface area contributed by atoms with Crippen molar-refractivity contribution in [2.75, 3.05) is 26.6 Å². The summed E-state index contributed by atoms with van der Waals surface area (Å²) in [6.45, 7) is 1.87. The number of amides is 1. The van der Waals surface area contributed by atoms with Gasteiger partial charge in [-0.1, -0.05) is 12.1 Å². The molecule has 0 aliphatic heterocycles. The number of rotatable bonds is 8. The largest absolute Gasteiger partial charge is 0.497 e. The number of hydrogen-bond donors (Lipinski definition) is 1. The number of carbonyl (C=O) groups is 1. The van der Waals surface area contributed by atoms with Crippen LogP contribution in [0, 0.1) is 6.92 Å². The third-order valence-corrected chi connectivity index (χ3v) is 6.07. The third kappa shape index (κ3) is 4.70. The lowest BCUT2D eigenvalue weighted by atomic mass is 10.1. The zero-order valence-electron chi connectivity index (χ0n) is 20.4. The molecule has 1 amide bonds. The number of ether oxygens (including phenoxy) is 3. The number of fused-ring (bicyclic) bond motifs is 1. The van der Waals surface area contributed by atoms with Crippen molar-refractivity contribution in [2.45, 2.75) is 19.8 Å². The van der Waals surface area contributed by atoms with E-state index in [0.717, 1.165) is 11.3 Å². The van der Waals surface area contributed by atoms with Crippen molar-refractivity contribution < 1.29 is 19.0 Å². The Morgan fingerprint density at radius 2 is 1.74 bits per heavy atom. The molecule has 0 spiro atoms. The van der Waals surface area contributed by atoms with Crippen LogP contribution in [0.2, 0.25) is 0 Å². The first kappa shape index (κ1) is 23.9. The van der Waals surface area contributed by atoms with Gasteiger partial charge in [0.25, 0.3) is 5.56 Å². The van der Waals surface area contributed by atoms with Crippen molar-refractivity contribution >= 4 is 17.2 Å². The van der Waals surface area contributed by atoms with Gasteiger partial charge in [-0.25, -0.2) is 0 Å². The molecule has 0 bridgehead atoms. The van der Waals surface area contributed by atoms with Crippen LogP contribution < -0.4 is 25.1 Å². The SMILES string of the molecule is COc1cccc(-c2cc3n(C)c(C)c(CCC(=O)Nc4cc(OC)ccc4OC)c(=O)n3n2)c1. The number of benzene rings is 2. The Balaban J connectivity index is 1.60. The normalized spacial score (nSPS) is 10.9. The van der Waals surface area contributed by atoms with Crippen molar-refractivity contribution in [1.82, 2.24) is 14.2 Å². The molecular formula is C26H28N4O5. The zero-order chi connectivity index (χ0) is 25.1. The predicted octanol–water partition coefficient (Wildman–Crippen LogP) is 3.61. The van der Waals surface area contributed by atoms with Gasteiger partial charge in [-0.05, 0) is 37.6 Å². The minimum absolute atomic E-state index is 0.117. The maximum Gasteiger partial charge on any atom is 0.277 e. The number of methoxy groups -OCH3 is 3. The van der Waals surface area contributed by atoms with Gasteiger partial charge >= 0.3 is 0 Å². The van der Waals surface area contributed by atoms with Crippen molar-refractivity contribution in [3.8, 4) is 28.5 Å². The molecule has 4 aromatic rings. The highest BCUT2D eigenvalue weighted by atomic mass is 16.5. The third-order valence-electron chi connectivity index (χ3n) is 6.07. The number of aryl methyl sites for hydroxylation is 1. The summed E-state index contributed by atoms with van der Waals surface area (Å²) < 4.78 is 19.2. The van der Waals surface area contributed by atoms with Crippen LogP contribution in [0.15, 0.2) is 53.3 Å². The lowest BCUT2D eigenvalue weighted by Crippen LogP contribution is -2.26. The summed E-state index contributed by atoms with van der Waals surface area (Å²) in [5.41, 5.74) is 3.76. The summed E-state index contributed by atoms with van der Waals surface area (Å²) >= 11 is 0. The maximum atomic E-state index is 13.3. The van der Waals surface area contributed by atoms with E-state index in [-0.39, 0.29) is 24.3 Å². The molecule has 1 N–H and O–H groups in total. The summed E-state index contributed by atoms with van der Waals surface area (Å²) in [4.78, 5) is 26.0. The van der Waals surface area contributed by atoms with Gasteiger partial charge in [-0.2, -0.15) is 9.61 Å². The smallest absolute Gasteiger partial charge is 0.277 e. The summed E-state index contributed by atoms with van der Waals surface area (Å²) in [5.74, 6) is 1.59. The van der Waals surface area contributed by atoms with Gasteiger partial charge in [0.05, 0.1) is 32.7 Å². The molecule has 9 nitrogen and oxygen atoms in total. The molecule has 0 unspecified atom stereocenters. The number of carbonyl (C=O) groups excluding carboxylic acids is 1. The van der Waals surface area contributed by atoms with E-state index in [4.69, 9.17) is 14.2 Å². The standard InChI is InChI=1S/C26H28N4O5/c1-16-20(10-12-24(31)27-22-14-19(34-4)9-11-23(22)35-5)26(32)30-25(29(16)2)15-21(28-30)17-7-6-8-18(13-17)33-3/h6-9,11,13-15H,10,12H2,1-5H3,(H,27,31). The van der Waals surface area contributed by atoms with E-state index in [1.54, 1.807) is 32.4 Å². The van der Waals surface area contributed by atoms with Gasteiger partial charge in [0.2, 0.25) is 5.91 Å². The van der Waals surface area contributed by atoms with Crippen molar-refractivity contribution in [3.05, 3.63) is 70.1 Å². The molecule has 0 saturated carbocycles. The first-order valence-corrected chi connectivity index (χ1v) is 11.1. The van der Waals surface area contributed by atoms with Crippen LogP contribution in [0.4, 0.5) is 5.69 Å². The molecule has 2 aromatic heterocycles. The van der Waals surface area contributed by atoms with Gasteiger partial charge in [0, 0.05) is 42.4 Å². The molecule has 182 valence electrons. The van der Waals surface area contributed by atoms with Crippen molar-refractivity contribution in [2.24, 2.45) is 7.05 Å². The Bertz CT molecular complexity index is 1450. The van der Waals surface area contributed by atoms with Gasteiger partial charge in [0.1, 0.15) is 22.9 Å². The fraction of sp³-hybridized carbons (Fsp3) is 0.269. The molecule has 9 heteroatoms. The number of aromatic nitrogens is 3. The molecular weight excluding hydrogens is 448 g/mol. The first-order valence-electron chi connectivity index (χ1n) is 11.1. The minimum atomic E-state index is -0.240. The predicted molar refractivity (Wildman–Crippen MR) is 134 cm³/mol. The Labute approximate surface area is 202 Å². The Kier molecular flexibility index (Phi) is 6.77. The fourth-order valence-corrected chi connectivity index (χ4v) is 3.99. The van der Waals surface area contributed by atoms with Crippen LogP contribution in [0.25, 0.3) is 16.9 Å². The van der Waals surface area contributed by atoms with E-state index in [1.165, 1.54) is 11.6 Å². The zero-order valence-corrected chi connectivity index (χ0v) is 20.4. The molecule has 0 aliphatic carbocycles. The van der Waals surface area contributed by atoms with E-state index in [1.807, 2.05) is 48.9 Å². The molecule has 4 rings (SSSR count). The minimum Gasteiger partial charge on any atom is -0.497 e. The summed E-state index contributed by atoms with van der Waals surface area (Å²) in [5, 5.41) is 7.40. The molecule has 2 heterocycles. The van der Waals surface area contributed by atoms with Crippen LogP contribution in [0.5, 0.6) is 17.2 Å². The topological polar surface area (TPSA) is 96.1 Å². The highest BCUT2D eigenvalue weighted by molar-refractivity contribution is 5.92. The van der Waals surface area contributed by atoms with Crippen molar-refractivity contribution in [3.63, 3.8) is 0 Å². The number of hydrogen-bond acceptors (Lipinski definition) is 6. The van der Waals surface area contributed by atoms with Crippen LogP contribution in [-0.4, -0.2) is 41.4 Å². The highest BCUT2D eigenvalue weighted by Crippen LogP contribution is 2.29. The maximum absolute atomic E-state index is 13.3. The van der Waals surface area contributed by atoms with E-state index >= 15 is 0 Å². The average molecular weight is 477 g/mol. The van der Waals surface area contributed by atoms with Gasteiger partial charge in [-0.3, -0.25) is 9.59 Å². The van der Waals surface area contributed by atoms with Gasteiger partial charge < -0.3 is 24.1 Å². The first-order chi connectivity index (χ1) is 16.9. The van der Waals surface area contributed by atoms with Gasteiger partial charge in [-0.15, -0.1) is 0 Å². The summed E-state index contributed by atoms with van der Waals surface area (Å²) in [6.07, 6.45) is 0.382. The molecule has 0 atom stereocenters. The second kappa shape index (κ2) is 9.92. The fourth-order valence-electron chi connectivity index (χ4n) is 3.99. The molecule has 35 heavy (non-hydrogen) atoms. The molecule has 0 aliphatic rings. The monoisotopic (exact) mass is 476 g/mol. The summed E-state index contributed by atoms with van der Waals surface area (Å²) in [7, 11) is 6.57. The lowest BCUT2D eigenvalue weighted by Gasteiger charge is -2.13. The van der Waals surface area contributed by atoms with E-state index < -0.39 is 0 Å². The quantitative estimate of drug-likeness (QED) is 0.417. The van der Waals surface area contributed by atoms with Crippen LogP contribution >= 0.6 is 0 Å². The average Bonchev–Trinajstić information content (AvgIpc) is 3.33.